The van der Waals surface area contributed by atoms with Gasteiger partial charge in [0.2, 0.25) is 0 Å². The second kappa shape index (κ2) is 4.98. The first-order valence-electron chi connectivity index (χ1n) is 6.43. The fourth-order valence-corrected chi connectivity index (χ4v) is 2.51. The molecule has 1 aromatic heterocycles. The lowest BCUT2D eigenvalue weighted by molar-refractivity contribution is 0.203. The number of methoxy groups -OCH3 is 1. The number of aliphatic hydroxyl groups excluding tert-OH is 1. The Bertz CT molecular complexity index is 749. The molecule has 1 heterocycles. The predicted octanol–water partition coefficient (Wildman–Crippen LogP) is 2.66. The fraction of sp³-hybridized carbons (Fsp3) is 0.188. The van der Waals surface area contributed by atoms with Gasteiger partial charge in [0.05, 0.1) is 7.11 Å². The van der Waals surface area contributed by atoms with Crippen LogP contribution >= 0.6 is 0 Å². The summed E-state index contributed by atoms with van der Waals surface area (Å²) in [7, 11) is 3.47. The summed E-state index contributed by atoms with van der Waals surface area (Å²) in [5.74, 6) is 1.26. The highest BCUT2D eigenvalue weighted by atomic mass is 16.5. The van der Waals surface area contributed by atoms with E-state index < -0.39 is 6.10 Å². The molecule has 0 fully saturated rings. The van der Waals surface area contributed by atoms with Gasteiger partial charge in [0.15, 0.2) is 0 Å². The molecule has 3 aromatic rings. The molecule has 1 atom stereocenters. The Morgan fingerprint density at radius 1 is 1.20 bits per heavy atom. The van der Waals surface area contributed by atoms with Crippen molar-refractivity contribution in [2.75, 3.05) is 7.11 Å². The first-order chi connectivity index (χ1) is 9.72. The van der Waals surface area contributed by atoms with Crippen molar-refractivity contribution in [2.45, 2.75) is 6.10 Å². The molecule has 4 heteroatoms. The van der Waals surface area contributed by atoms with E-state index in [1.807, 2.05) is 54.2 Å². The lowest BCUT2D eigenvalue weighted by Gasteiger charge is -2.17. The molecule has 0 aliphatic heterocycles. The zero-order valence-corrected chi connectivity index (χ0v) is 11.4. The van der Waals surface area contributed by atoms with Crippen LogP contribution in [0, 0.1) is 0 Å². The highest BCUT2D eigenvalue weighted by Gasteiger charge is 2.21. The van der Waals surface area contributed by atoms with Crippen molar-refractivity contribution >= 4 is 10.8 Å². The van der Waals surface area contributed by atoms with Gasteiger partial charge in [0.1, 0.15) is 17.7 Å². The van der Waals surface area contributed by atoms with Crippen molar-refractivity contribution in [3.8, 4) is 5.75 Å². The zero-order valence-electron chi connectivity index (χ0n) is 11.4. The Morgan fingerprint density at radius 3 is 2.70 bits per heavy atom. The van der Waals surface area contributed by atoms with Gasteiger partial charge in [-0.1, -0.05) is 30.3 Å². The zero-order chi connectivity index (χ0) is 14.1. The number of imidazole rings is 1. The van der Waals surface area contributed by atoms with Gasteiger partial charge in [0, 0.05) is 25.0 Å². The minimum atomic E-state index is -0.823. The SMILES string of the molecule is COc1ccc2ccccc2c1[C@@H](O)c1nccn1C. The van der Waals surface area contributed by atoms with Crippen molar-refractivity contribution in [2.24, 2.45) is 7.05 Å². The third-order valence-corrected chi connectivity index (χ3v) is 3.53. The van der Waals surface area contributed by atoms with Gasteiger partial charge in [-0.3, -0.25) is 0 Å². The van der Waals surface area contributed by atoms with E-state index in [1.165, 1.54) is 0 Å². The molecule has 102 valence electrons. The molecule has 0 aliphatic rings. The van der Waals surface area contributed by atoms with Crippen LogP contribution in [-0.2, 0) is 7.05 Å². The van der Waals surface area contributed by atoms with Gasteiger partial charge in [-0.05, 0) is 16.8 Å². The van der Waals surface area contributed by atoms with Gasteiger partial charge in [-0.25, -0.2) is 4.98 Å². The quantitative estimate of drug-likeness (QED) is 0.794. The first-order valence-corrected chi connectivity index (χ1v) is 6.43. The van der Waals surface area contributed by atoms with Crippen LogP contribution in [0.3, 0.4) is 0 Å². The minimum absolute atomic E-state index is 0.597. The molecule has 3 rings (SSSR count). The summed E-state index contributed by atoms with van der Waals surface area (Å²) in [5.41, 5.74) is 0.750. The molecule has 2 aromatic carbocycles. The second-order valence-electron chi connectivity index (χ2n) is 4.70. The molecule has 0 saturated carbocycles. The normalized spacial score (nSPS) is 12.6. The average molecular weight is 268 g/mol. The van der Waals surface area contributed by atoms with Crippen molar-refractivity contribution < 1.29 is 9.84 Å². The summed E-state index contributed by atoms with van der Waals surface area (Å²) in [4.78, 5) is 4.23. The number of ether oxygens (including phenoxy) is 1. The fourth-order valence-electron chi connectivity index (χ4n) is 2.51. The lowest BCUT2D eigenvalue weighted by atomic mass is 9.98. The van der Waals surface area contributed by atoms with Gasteiger partial charge in [-0.2, -0.15) is 0 Å². The Hall–Kier alpha value is -2.33. The monoisotopic (exact) mass is 268 g/mol. The number of hydrogen-bond donors (Lipinski definition) is 1. The number of aryl methyl sites for hydroxylation is 1. The maximum absolute atomic E-state index is 10.7. The molecule has 0 unspecified atom stereocenters. The molecule has 0 amide bonds. The molecule has 20 heavy (non-hydrogen) atoms. The van der Waals surface area contributed by atoms with E-state index in [2.05, 4.69) is 4.98 Å². The summed E-state index contributed by atoms with van der Waals surface area (Å²) in [6.07, 6.45) is 2.67. The maximum atomic E-state index is 10.7. The van der Waals surface area contributed by atoms with Crippen LogP contribution in [0.4, 0.5) is 0 Å². The number of benzene rings is 2. The van der Waals surface area contributed by atoms with E-state index in [9.17, 15) is 5.11 Å². The van der Waals surface area contributed by atoms with E-state index in [4.69, 9.17) is 4.74 Å². The van der Waals surface area contributed by atoms with Gasteiger partial charge in [0.25, 0.3) is 0 Å². The van der Waals surface area contributed by atoms with Crippen LogP contribution in [0.2, 0.25) is 0 Å². The van der Waals surface area contributed by atoms with Crippen molar-refractivity contribution in [1.29, 1.82) is 0 Å². The highest BCUT2D eigenvalue weighted by molar-refractivity contribution is 5.88. The third-order valence-electron chi connectivity index (χ3n) is 3.53. The van der Waals surface area contributed by atoms with Crippen LogP contribution in [0.5, 0.6) is 5.75 Å². The molecule has 0 aliphatic carbocycles. The maximum Gasteiger partial charge on any atom is 0.142 e. The number of nitrogens with zero attached hydrogens (tertiary/aromatic N) is 2. The minimum Gasteiger partial charge on any atom is -0.496 e. The van der Waals surface area contributed by atoms with E-state index in [-0.39, 0.29) is 0 Å². The average Bonchev–Trinajstić information content (AvgIpc) is 2.91. The lowest BCUT2D eigenvalue weighted by Crippen LogP contribution is -2.09. The number of aromatic nitrogens is 2. The molecular weight excluding hydrogens is 252 g/mol. The Labute approximate surface area is 117 Å². The third kappa shape index (κ3) is 1.94. The van der Waals surface area contributed by atoms with E-state index in [1.54, 1.807) is 13.3 Å². The van der Waals surface area contributed by atoms with Crippen molar-refractivity contribution in [1.82, 2.24) is 9.55 Å². The first kappa shape index (κ1) is 12.7. The van der Waals surface area contributed by atoms with Crippen LogP contribution in [0.25, 0.3) is 10.8 Å². The largest absolute Gasteiger partial charge is 0.496 e. The van der Waals surface area contributed by atoms with E-state index in [0.29, 0.717) is 11.6 Å². The Balaban J connectivity index is 2.26. The molecule has 1 N–H and O–H groups in total. The molecule has 0 radical (unpaired) electrons. The molecule has 0 saturated heterocycles. The van der Waals surface area contributed by atoms with Gasteiger partial charge >= 0.3 is 0 Å². The van der Waals surface area contributed by atoms with Crippen LogP contribution in [0.15, 0.2) is 48.8 Å². The summed E-state index contributed by atoms with van der Waals surface area (Å²) in [5, 5.41) is 12.7. The smallest absolute Gasteiger partial charge is 0.142 e. The highest BCUT2D eigenvalue weighted by Crippen LogP contribution is 2.35. The second-order valence-corrected chi connectivity index (χ2v) is 4.70. The molecule has 0 bridgehead atoms. The van der Waals surface area contributed by atoms with Crippen LogP contribution in [0.1, 0.15) is 17.5 Å². The standard InChI is InChI=1S/C16H16N2O2/c1-18-10-9-17-16(18)15(19)14-12-6-4-3-5-11(12)7-8-13(14)20-2/h3-10,15,19H,1-2H3/t15-/m1/s1. The van der Waals surface area contributed by atoms with Gasteiger partial charge in [-0.15, -0.1) is 0 Å². The molecular formula is C16H16N2O2. The van der Waals surface area contributed by atoms with E-state index in [0.717, 1.165) is 16.3 Å². The number of aliphatic hydroxyl groups is 1. The van der Waals surface area contributed by atoms with E-state index >= 15 is 0 Å². The van der Waals surface area contributed by atoms with Crippen LogP contribution < -0.4 is 4.74 Å². The Kier molecular flexibility index (Phi) is 3.16. The van der Waals surface area contributed by atoms with Gasteiger partial charge < -0.3 is 14.4 Å². The summed E-state index contributed by atoms with van der Waals surface area (Å²) >= 11 is 0. The summed E-state index contributed by atoms with van der Waals surface area (Å²) in [6, 6.07) is 11.8. The van der Waals surface area contributed by atoms with Crippen molar-refractivity contribution in [3.63, 3.8) is 0 Å². The van der Waals surface area contributed by atoms with Crippen molar-refractivity contribution in [3.05, 3.63) is 60.2 Å². The summed E-state index contributed by atoms with van der Waals surface area (Å²) < 4.78 is 7.23. The Morgan fingerprint density at radius 2 is 2.00 bits per heavy atom. The molecule has 0 spiro atoms. The predicted molar refractivity (Wildman–Crippen MR) is 77.8 cm³/mol. The summed E-state index contributed by atoms with van der Waals surface area (Å²) in [6.45, 7) is 0. The number of hydrogen-bond acceptors (Lipinski definition) is 3. The molecule has 4 nitrogen and oxygen atoms in total. The number of fused-ring (bicyclic) bond motifs is 1. The van der Waals surface area contributed by atoms with Crippen LogP contribution in [-0.4, -0.2) is 21.8 Å². The number of rotatable bonds is 3. The topological polar surface area (TPSA) is 47.3 Å².